The molecule has 1 unspecified atom stereocenters. The molecular weight excluding hydrogens is 254 g/mol. The fourth-order valence-electron chi connectivity index (χ4n) is 1.67. The molecule has 0 spiro atoms. The van der Waals surface area contributed by atoms with Gasteiger partial charge in [-0.15, -0.1) is 0 Å². The highest BCUT2D eigenvalue weighted by Crippen LogP contribution is 2.10. The van der Waals surface area contributed by atoms with Crippen molar-refractivity contribution in [3.63, 3.8) is 0 Å². The lowest BCUT2D eigenvalue weighted by Gasteiger charge is -2.13. The predicted molar refractivity (Wildman–Crippen MR) is 79.3 cm³/mol. The van der Waals surface area contributed by atoms with E-state index in [1.54, 1.807) is 23.0 Å². The van der Waals surface area contributed by atoms with E-state index in [-0.39, 0.29) is 6.04 Å². The summed E-state index contributed by atoms with van der Waals surface area (Å²) in [5.41, 5.74) is 0. The second-order valence-corrected chi connectivity index (χ2v) is 4.26. The molecule has 108 valence electrons. The third-order valence-corrected chi connectivity index (χ3v) is 2.72. The van der Waals surface area contributed by atoms with Crippen LogP contribution in [-0.4, -0.2) is 27.0 Å². The highest BCUT2D eigenvalue weighted by molar-refractivity contribution is 5.84. The highest BCUT2D eigenvalue weighted by Gasteiger charge is 2.15. The Morgan fingerprint density at radius 1 is 1.65 bits per heavy atom. The van der Waals surface area contributed by atoms with Crippen LogP contribution in [-0.2, 0) is 4.79 Å². The molecule has 0 saturated carbocycles. The maximum atomic E-state index is 10.6. The average molecular weight is 275 g/mol. The lowest BCUT2D eigenvalue weighted by molar-refractivity contribution is -0.110. The fraction of sp³-hybridized carbons (Fsp3) is 0.429. The van der Waals surface area contributed by atoms with Gasteiger partial charge in [0.1, 0.15) is 12.2 Å². The molecule has 1 amide bonds. The molecule has 1 aromatic heterocycles. The summed E-state index contributed by atoms with van der Waals surface area (Å²) in [7, 11) is 0. The number of hydrogen-bond donors (Lipinski definition) is 1. The van der Waals surface area contributed by atoms with Crippen LogP contribution in [0.4, 0.5) is 0 Å². The van der Waals surface area contributed by atoms with Gasteiger partial charge in [-0.3, -0.25) is 4.79 Å². The van der Waals surface area contributed by atoms with Crippen molar-refractivity contribution >= 4 is 12.2 Å². The van der Waals surface area contributed by atoms with Gasteiger partial charge in [0.25, 0.3) is 0 Å². The van der Waals surface area contributed by atoms with Crippen molar-refractivity contribution in [1.29, 1.82) is 0 Å². The summed E-state index contributed by atoms with van der Waals surface area (Å²) in [5.74, 6) is 1.47. The van der Waals surface area contributed by atoms with Gasteiger partial charge < -0.3 is 5.32 Å². The Balaban J connectivity index is 3.04. The third kappa shape index (κ3) is 4.46. The zero-order valence-corrected chi connectivity index (χ0v) is 12.0. The number of nitrogens with zero attached hydrogens (tertiary/aromatic N) is 4. The molecule has 0 aliphatic carbocycles. The van der Waals surface area contributed by atoms with E-state index in [2.05, 4.69) is 33.9 Å². The van der Waals surface area contributed by atoms with E-state index in [4.69, 9.17) is 0 Å². The highest BCUT2D eigenvalue weighted by atomic mass is 16.1. The van der Waals surface area contributed by atoms with Gasteiger partial charge in [-0.2, -0.15) is 5.10 Å². The molecule has 1 N–H and O–H groups in total. The van der Waals surface area contributed by atoms with Gasteiger partial charge in [0, 0.05) is 12.6 Å². The number of unbranched alkanes of at least 4 members (excludes halogenated alkanes) is 1. The zero-order valence-electron chi connectivity index (χ0n) is 12.0. The van der Waals surface area contributed by atoms with Crippen molar-refractivity contribution in [2.24, 2.45) is 4.99 Å². The Hall–Kier alpha value is -2.24. The van der Waals surface area contributed by atoms with Crippen LogP contribution in [0.1, 0.15) is 45.0 Å². The first kappa shape index (κ1) is 15.8. The largest absolute Gasteiger partial charge is 0.349 e. The summed E-state index contributed by atoms with van der Waals surface area (Å²) in [5, 5.41) is 6.88. The van der Waals surface area contributed by atoms with E-state index in [0.29, 0.717) is 12.2 Å². The molecule has 1 rings (SSSR count). The van der Waals surface area contributed by atoms with Gasteiger partial charge in [0.2, 0.25) is 6.41 Å². The molecule has 0 aliphatic rings. The number of carbonyl (C=O) groups is 1. The molecule has 1 heterocycles. The van der Waals surface area contributed by atoms with Crippen LogP contribution >= 0.6 is 0 Å². The molecule has 6 heteroatoms. The van der Waals surface area contributed by atoms with Gasteiger partial charge >= 0.3 is 0 Å². The van der Waals surface area contributed by atoms with Crippen LogP contribution in [0.3, 0.4) is 0 Å². The molecule has 0 fully saturated rings. The smallest absolute Gasteiger partial charge is 0.207 e. The molecule has 20 heavy (non-hydrogen) atoms. The standard InChI is InChI=1S/C14H21N5O/c1-4-6-8-13(15-9-7-5-2)19-14(16-10-18-19)12(3)17-11-20/h5,7,9-12H,2,4,6,8H2,1,3H3,(H,17,20)/b9-7-,15-13+. The maximum absolute atomic E-state index is 10.6. The Labute approximate surface area is 119 Å². The molecule has 0 aliphatic heterocycles. The molecule has 1 atom stereocenters. The Kier molecular flexibility index (Phi) is 6.95. The average Bonchev–Trinajstić information content (AvgIpc) is 2.92. The Morgan fingerprint density at radius 3 is 3.10 bits per heavy atom. The summed E-state index contributed by atoms with van der Waals surface area (Å²) >= 11 is 0. The molecule has 0 radical (unpaired) electrons. The van der Waals surface area contributed by atoms with E-state index in [0.717, 1.165) is 25.1 Å². The van der Waals surface area contributed by atoms with Crippen LogP contribution in [0.2, 0.25) is 0 Å². The van der Waals surface area contributed by atoms with Crippen molar-refractivity contribution in [1.82, 2.24) is 20.1 Å². The number of aromatic nitrogens is 3. The molecule has 0 saturated heterocycles. The summed E-state index contributed by atoms with van der Waals surface area (Å²) in [4.78, 5) is 19.2. The van der Waals surface area contributed by atoms with E-state index in [9.17, 15) is 4.79 Å². The number of hydrogen-bond acceptors (Lipinski definition) is 4. The summed E-state index contributed by atoms with van der Waals surface area (Å²) < 4.78 is 1.68. The topological polar surface area (TPSA) is 72.2 Å². The normalized spacial score (nSPS) is 13.4. The summed E-state index contributed by atoms with van der Waals surface area (Å²) in [6, 6.07) is -0.217. The van der Waals surface area contributed by atoms with E-state index in [1.807, 2.05) is 6.92 Å². The molecule has 0 bridgehead atoms. The number of rotatable bonds is 8. The van der Waals surface area contributed by atoms with Crippen LogP contribution in [0.5, 0.6) is 0 Å². The Morgan fingerprint density at radius 2 is 2.45 bits per heavy atom. The van der Waals surface area contributed by atoms with Gasteiger partial charge in [-0.25, -0.2) is 14.7 Å². The van der Waals surface area contributed by atoms with E-state index < -0.39 is 0 Å². The first-order chi connectivity index (χ1) is 9.74. The van der Waals surface area contributed by atoms with Crippen LogP contribution in [0.25, 0.3) is 0 Å². The minimum atomic E-state index is -0.217. The van der Waals surface area contributed by atoms with Crippen molar-refractivity contribution in [3.05, 3.63) is 37.1 Å². The van der Waals surface area contributed by atoms with Crippen molar-refractivity contribution in [3.8, 4) is 0 Å². The SMILES string of the molecule is C=C/C=C\N=C(/CCCC)n1ncnc1C(C)NC=O. The van der Waals surface area contributed by atoms with Gasteiger partial charge in [0.15, 0.2) is 5.82 Å². The first-order valence-corrected chi connectivity index (χ1v) is 6.68. The van der Waals surface area contributed by atoms with Crippen LogP contribution in [0, 0.1) is 0 Å². The second kappa shape index (κ2) is 8.79. The maximum Gasteiger partial charge on any atom is 0.207 e. The van der Waals surface area contributed by atoms with Crippen LogP contribution < -0.4 is 5.32 Å². The third-order valence-electron chi connectivity index (χ3n) is 2.72. The van der Waals surface area contributed by atoms with Crippen molar-refractivity contribution in [2.75, 3.05) is 0 Å². The number of aliphatic imine (C=N–C) groups is 1. The fourth-order valence-corrected chi connectivity index (χ4v) is 1.67. The summed E-state index contributed by atoms with van der Waals surface area (Å²) in [6.45, 7) is 7.59. The van der Waals surface area contributed by atoms with Crippen LogP contribution in [0.15, 0.2) is 36.3 Å². The summed E-state index contributed by atoms with van der Waals surface area (Å²) in [6.07, 6.45) is 10.1. The number of nitrogens with one attached hydrogen (secondary N) is 1. The van der Waals surface area contributed by atoms with Gasteiger partial charge in [0.05, 0.1) is 6.04 Å². The minimum Gasteiger partial charge on any atom is -0.349 e. The lowest BCUT2D eigenvalue weighted by Crippen LogP contribution is -2.24. The lowest BCUT2D eigenvalue weighted by atomic mass is 10.2. The van der Waals surface area contributed by atoms with Crippen molar-refractivity contribution < 1.29 is 4.79 Å². The van der Waals surface area contributed by atoms with Crippen molar-refractivity contribution in [2.45, 2.75) is 39.2 Å². The molecule has 0 aromatic carbocycles. The number of carbonyl (C=O) groups excluding carboxylic acids is 1. The monoisotopic (exact) mass is 275 g/mol. The molecule has 6 nitrogen and oxygen atoms in total. The minimum absolute atomic E-state index is 0.217. The van der Waals surface area contributed by atoms with Gasteiger partial charge in [-0.1, -0.05) is 26.0 Å². The predicted octanol–water partition coefficient (Wildman–Crippen LogP) is 2.22. The number of amides is 1. The van der Waals surface area contributed by atoms with Gasteiger partial charge in [-0.05, 0) is 19.4 Å². The second-order valence-electron chi connectivity index (χ2n) is 4.26. The quantitative estimate of drug-likeness (QED) is 0.342. The first-order valence-electron chi connectivity index (χ1n) is 6.68. The van der Waals surface area contributed by atoms with E-state index in [1.165, 1.54) is 6.33 Å². The Bertz CT molecular complexity index is 490. The molecule has 1 aromatic rings. The number of allylic oxidation sites excluding steroid dienone is 2. The zero-order chi connectivity index (χ0) is 14.8. The molecular formula is C14H21N5O. The van der Waals surface area contributed by atoms with E-state index >= 15 is 0 Å².